The van der Waals surface area contributed by atoms with Crippen LogP contribution in [0, 0.1) is 6.92 Å². The average molecular weight is 194 g/mol. The maximum atomic E-state index is 9.81. The molecule has 1 unspecified atom stereocenters. The summed E-state index contributed by atoms with van der Waals surface area (Å²) in [6.07, 6.45) is -0.625. The van der Waals surface area contributed by atoms with Crippen molar-refractivity contribution >= 4 is 11.3 Å². The summed E-state index contributed by atoms with van der Waals surface area (Å²) in [5, 5.41) is 13.7. The van der Waals surface area contributed by atoms with Crippen LogP contribution in [0.4, 0.5) is 0 Å². The molecule has 2 nitrogen and oxygen atoms in total. The monoisotopic (exact) mass is 194 g/mol. The second-order valence-corrected chi connectivity index (χ2v) is 3.69. The molecule has 0 aromatic carbocycles. The molecule has 0 fully saturated rings. The Morgan fingerprint density at radius 1 is 1.38 bits per heavy atom. The Kier molecular flexibility index (Phi) is 2.20. The van der Waals surface area contributed by atoms with Crippen molar-refractivity contribution in [2.45, 2.75) is 13.0 Å². The Bertz CT molecular complexity index is 375. The zero-order chi connectivity index (χ0) is 9.26. The number of aryl methyl sites for hydroxylation is 1. The lowest BCUT2D eigenvalue weighted by Gasteiger charge is -2.03. The normalized spacial score (nSPS) is 13.1. The number of rotatable bonds is 2. The number of aliphatic hydroxyl groups excluding tert-OH is 1. The first-order chi connectivity index (χ1) is 6.27. The highest BCUT2D eigenvalue weighted by Crippen LogP contribution is 2.24. The van der Waals surface area contributed by atoms with Gasteiger partial charge >= 0.3 is 0 Å². The van der Waals surface area contributed by atoms with Gasteiger partial charge in [0, 0.05) is 0 Å². The van der Waals surface area contributed by atoms with Crippen LogP contribution in [-0.4, -0.2) is 5.11 Å². The first-order valence-corrected chi connectivity index (χ1v) is 4.98. The van der Waals surface area contributed by atoms with Crippen LogP contribution in [-0.2, 0) is 0 Å². The Morgan fingerprint density at radius 3 is 2.77 bits per heavy atom. The standard InChI is InChI=1S/C10H10O2S/c1-7-2-3-9(12-7)10(11)8-4-5-13-6-8/h2-6,10-11H,1H3. The number of aliphatic hydroxyl groups is 1. The van der Waals surface area contributed by atoms with Crippen LogP contribution in [0.2, 0.25) is 0 Å². The molecule has 2 rings (SSSR count). The van der Waals surface area contributed by atoms with E-state index in [1.807, 2.05) is 29.8 Å². The van der Waals surface area contributed by atoms with E-state index >= 15 is 0 Å². The van der Waals surface area contributed by atoms with Crippen LogP contribution in [0.3, 0.4) is 0 Å². The van der Waals surface area contributed by atoms with Crippen molar-refractivity contribution in [1.29, 1.82) is 0 Å². The van der Waals surface area contributed by atoms with Crippen molar-refractivity contribution in [2.75, 3.05) is 0 Å². The van der Waals surface area contributed by atoms with Crippen LogP contribution in [0.5, 0.6) is 0 Å². The van der Waals surface area contributed by atoms with Gasteiger partial charge in [0.15, 0.2) is 0 Å². The summed E-state index contributed by atoms with van der Waals surface area (Å²) in [6.45, 7) is 1.86. The molecule has 0 saturated heterocycles. The number of hydrogen-bond acceptors (Lipinski definition) is 3. The highest BCUT2D eigenvalue weighted by molar-refractivity contribution is 7.07. The maximum Gasteiger partial charge on any atom is 0.137 e. The van der Waals surface area contributed by atoms with E-state index in [9.17, 15) is 5.11 Å². The lowest BCUT2D eigenvalue weighted by atomic mass is 10.1. The van der Waals surface area contributed by atoms with Crippen LogP contribution >= 0.6 is 11.3 Å². The fourth-order valence-corrected chi connectivity index (χ4v) is 1.87. The van der Waals surface area contributed by atoms with Gasteiger partial charge in [0.2, 0.25) is 0 Å². The highest BCUT2D eigenvalue weighted by Gasteiger charge is 2.13. The van der Waals surface area contributed by atoms with Crippen LogP contribution in [0.25, 0.3) is 0 Å². The molecule has 0 radical (unpaired) electrons. The van der Waals surface area contributed by atoms with Gasteiger partial charge in [-0.1, -0.05) is 0 Å². The topological polar surface area (TPSA) is 33.4 Å². The van der Waals surface area contributed by atoms with Gasteiger partial charge in [-0.25, -0.2) is 0 Å². The molecule has 0 aliphatic carbocycles. The molecule has 0 aliphatic rings. The first-order valence-electron chi connectivity index (χ1n) is 4.04. The molecule has 2 aromatic rings. The van der Waals surface area contributed by atoms with Gasteiger partial charge in [0.05, 0.1) is 0 Å². The molecule has 68 valence electrons. The fourth-order valence-electron chi connectivity index (χ4n) is 1.20. The quantitative estimate of drug-likeness (QED) is 0.797. The Morgan fingerprint density at radius 2 is 2.23 bits per heavy atom. The second kappa shape index (κ2) is 3.36. The van der Waals surface area contributed by atoms with E-state index in [4.69, 9.17) is 4.42 Å². The largest absolute Gasteiger partial charge is 0.463 e. The SMILES string of the molecule is Cc1ccc(C(O)c2ccsc2)o1. The second-order valence-electron chi connectivity index (χ2n) is 2.91. The predicted octanol–water partition coefficient (Wildman–Crippen LogP) is 2.73. The van der Waals surface area contributed by atoms with Gasteiger partial charge in [-0.3, -0.25) is 0 Å². The summed E-state index contributed by atoms with van der Waals surface area (Å²) in [5.41, 5.74) is 0.888. The Hall–Kier alpha value is -1.06. The van der Waals surface area contributed by atoms with Crippen LogP contribution in [0.1, 0.15) is 23.2 Å². The minimum absolute atomic E-state index is 0.607. The fraction of sp³-hybridized carbons (Fsp3) is 0.200. The molecule has 1 atom stereocenters. The molecule has 0 aliphatic heterocycles. The summed E-state index contributed by atoms with van der Waals surface area (Å²) in [5.74, 6) is 1.43. The van der Waals surface area contributed by atoms with E-state index in [0.29, 0.717) is 5.76 Å². The smallest absolute Gasteiger partial charge is 0.137 e. The van der Waals surface area contributed by atoms with Crippen LogP contribution < -0.4 is 0 Å². The third-order valence-corrected chi connectivity index (χ3v) is 2.59. The van der Waals surface area contributed by atoms with Gasteiger partial charge in [-0.15, -0.1) is 0 Å². The lowest BCUT2D eigenvalue weighted by Crippen LogP contribution is -1.95. The number of furan rings is 1. The predicted molar refractivity (Wildman–Crippen MR) is 51.8 cm³/mol. The molecule has 1 N–H and O–H groups in total. The van der Waals surface area contributed by atoms with Gasteiger partial charge in [0.1, 0.15) is 17.6 Å². The molecule has 13 heavy (non-hydrogen) atoms. The van der Waals surface area contributed by atoms with E-state index in [0.717, 1.165) is 11.3 Å². The number of thiophene rings is 1. The summed E-state index contributed by atoms with van der Waals surface area (Å²) in [4.78, 5) is 0. The Balaban J connectivity index is 2.28. The van der Waals surface area contributed by atoms with E-state index in [1.165, 1.54) is 0 Å². The van der Waals surface area contributed by atoms with Gasteiger partial charge < -0.3 is 9.52 Å². The summed E-state index contributed by atoms with van der Waals surface area (Å²) in [6, 6.07) is 5.55. The van der Waals surface area contributed by atoms with Crippen molar-refractivity contribution in [3.8, 4) is 0 Å². The minimum atomic E-state index is -0.625. The third-order valence-electron chi connectivity index (χ3n) is 1.89. The van der Waals surface area contributed by atoms with Crippen molar-refractivity contribution in [1.82, 2.24) is 0 Å². The van der Waals surface area contributed by atoms with Gasteiger partial charge in [-0.2, -0.15) is 11.3 Å². The van der Waals surface area contributed by atoms with Crippen LogP contribution in [0.15, 0.2) is 33.4 Å². The van der Waals surface area contributed by atoms with E-state index in [-0.39, 0.29) is 0 Å². The summed E-state index contributed by atoms with van der Waals surface area (Å²) >= 11 is 1.57. The molecular formula is C10H10O2S. The highest BCUT2D eigenvalue weighted by atomic mass is 32.1. The van der Waals surface area contributed by atoms with E-state index in [2.05, 4.69) is 0 Å². The molecule has 2 heterocycles. The number of hydrogen-bond donors (Lipinski definition) is 1. The zero-order valence-electron chi connectivity index (χ0n) is 7.23. The Labute approximate surface area is 80.4 Å². The first kappa shape index (κ1) is 8.53. The summed E-state index contributed by atoms with van der Waals surface area (Å²) in [7, 11) is 0. The molecule has 0 saturated carbocycles. The molecule has 0 spiro atoms. The molecule has 3 heteroatoms. The summed E-state index contributed by atoms with van der Waals surface area (Å²) < 4.78 is 5.32. The minimum Gasteiger partial charge on any atom is -0.463 e. The van der Waals surface area contributed by atoms with Crippen molar-refractivity contribution in [2.24, 2.45) is 0 Å². The van der Waals surface area contributed by atoms with Crippen molar-refractivity contribution < 1.29 is 9.52 Å². The molecule has 0 amide bonds. The maximum absolute atomic E-state index is 9.81. The third kappa shape index (κ3) is 1.66. The molecular weight excluding hydrogens is 184 g/mol. The van der Waals surface area contributed by atoms with E-state index < -0.39 is 6.10 Å². The molecule has 0 bridgehead atoms. The lowest BCUT2D eigenvalue weighted by molar-refractivity contribution is 0.188. The average Bonchev–Trinajstić information content (AvgIpc) is 2.72. The van der Waals surface area contributed by atoms with Gasteiger partial charge in [-0.05, 0) is 41.4 Å². The van der Waals surface area contributed by atoms with Crippen molar-refractivity contribution in [3.05, 3.63) is 46.0 Å². The van der Waals surface area contributed by atoms with Crippen molar-refractivity contribution in [3.63, 3.8) is 0 Å². The zero-order valence-corrected chi connectivity index (χ0v) is 8.04. The van der Waals surface area contributed by atoms with E-state index in [1.54, 1.807) is 17.4 Å². The van der Waals surface area contributed by atoms with Gasteiger partial charge in [0.25, 0.3) is 0 Å². The molecule has 2 aromatic heterocycles.